The van der Waals surface area contributed by atoms with Gasteiger partial charge in [0, 0.05) is 18.5 Å². The summed E-state index contributed by atoms with van der Waals surface area (Å²) in [4.78, 5) is 11.8. The third-order valence-corrected chi connectivity index (χ3v) is 3.78. The fourth-order valence-electron chi connectivity index (χ4n) is 2.40. The monoisotopic (exact) mass is 196 g/mol. The minimum absolute atomic E-state index is 0.281. The highest BCUT2D eigenvalue weighted by atomic mass is 16.2. The van der Waals surface area contributed by atoms with E-state index in [1.54, 1.807) is 0 Å². The Bertz CT molecular complexity index is 233. The molecule has 80 valence electrons. The largest absolute Gasteiger partial charge is 0.353 e. The van der Waals surface area contributed by atoms with Gasteiger partial charge in [0.25, 0.3) is 0 Å². The van der Waals surface area contributed by atoms with Gasteiger partial charge in [0.05, 0.1) is 0 Å². The SMILES string of the molecule is CCC(C)NC(=O)C1CC12CCNC2. The van der Waals surface area contributed by atoms with E-state index in [4.69, 9.17) is 0 Å². The maximum absolute atomic E-state index is 11.8. The summed E-state index contributed by atoms with van der Waals surface area (Å²) < 4.78 is 0. The van der Waals surface area contributed by atoms with E-state index in [1.165, 1.54) is 6.42 Å². The predicted molar refractivity (Wildman–Crippen MR) is 55.9 cm³/mol. The van der Waals surface area contributed by atoms with Crippen molar-refractivity contribution in [3.05, 3.63) is 0 Å². The zero-order chi connectivity index (χ0) is 10.2. The van der Waals surface area contributed by atoms with E-state index in [-0.39, 0.29) is 5.91 Å². The van der Waals surface area contributed by atoms with Crippen LogP contribution in [0.15, 0.2) is 0 Å². The van der Waals surface area contributed by atoms with Crippen LogP contribution in [0.2, 0.25) is 0 Å². The van der Waals surface area contributed by atoms with Crippen LogP contribution in [-0.4, -0.2) is 25.0 Å². The Morgan fingerprint density at radius 2 is 2.50 bits per heavy atom. The Morgan fingerprint density at radius 1 is 1.71 bits per heavy atom. The van der Waals surface area contributed by atoms with Crippen molar-refractivity contribution in [2.24, 2.45) is 11.3 Å². The summed E-state index contributed by atoms with van der Waals surface area (Å²) >= 11 is 0. The number of carbonyl (C=O) groups is 1. The standard InChI is InChI=1S/C11H20N2O/c1-3-8(2)13-10(14)9-6-11(9)4-5-12-7-11/h8-9,12H,3-7H2,1-2H3,(H,13,14). The van der Waals surface area contributed by atoms with Crippen LogP contribution in [0.3, 0.4) is 0 Å². The molecule has 3 unspecified atom stereocenters. The van der Waals surface area contributed by atoms with Crippen molar-refractivity contribution in [2.75, 3.05) is 13.1 Å². The molecule has 1 aliphatic carbocycles. The summed E-state index contributed by atoms with van der Waals surface area (Å²) in [6.07, 6.45) is 3.30. The summed E-state index contributed by atoms with van der Waals surface area (Å²) in [5.41, 5.74) is 0.345. The lowest BCUT2D eigenvalue weighted by Gasteiger charge is -2.13. The van der Waals surface area contributed by atoms with Crippen molar-refractivity contribution in [1.82, 2.24) is 10.6 Å². The Hall–Kier alpha value is -0.570. The predicted octanol–water partition coefficient (Wildman–Crippen LogP) is 0.901. The molecule has 3 heteroatoms. The van der Waals surface area contributed by atoms with Gasteiger partial charge in [0.1, 0.15) is 0 Å². The molecule has 0 aromatic heterocycles. The first-order valence-electron chi connectivity index (χ1n) is 5.69. The van der Waals surface area contributed by atoms with E-state index in [1.807, 2.05) is 0 Å². The quantitative estimate of drug-likeness (QED) is 0.704. The van der Waals surface area contributed by atoms with Gasteiger partial charge in [0.2, 0.25) is 5.91 Å². The minimum atomic E-state index is 0.281. The lowest BCUT2D eigenvalue weighted by Crippen LogP contribution is -2.34. The van der Waals surface area contributed by atoms with Gasteiger partial charge in [0.15, 0.2) is 0 Å². The van der Waals surface area contributed by atoms with Crippen LogP contribution in [-0.2, 0) is 4.79 Å². The van der Waals surface area contributed by atoms with E-state index in [0.29, 0.717) is 17.4 Å². The van der Waals surface area contributed by atoms with Gasteiger partial charge in [-0.3, -0.25) is 4.79 Å². The van der Waals surface area contributed by atoms with Crippen molar-refractivity contribution in [2.45, 2.75) is 39.2 Å². The van der Waals surface area contributed by atoms with Crippen molar-refractivity contribution in [1.29, 1.82) is 0 Å². The fourth-order valence-corrected chi connectivity index (χ4v) is 2.40. The molecule has 2 N–H and O–H groups in total. The molecule has 0 bridgehead atoms. The summed E-state index contributed by atoms with van der Waals surface area (Å²) in [6, 6.07) is 0.328. The van der Waals surface area contributed by atoms with Crippen LogP contribution < -0.4 is 10.6 Å². The van der Waals surface area contributed by atoms with E-state index in [2.05, 4.69) is 24.5 Å². The van der Waals surface area contributed by atoms with Gasteiger partial charge >= 0.3 is 0 Å². The number of amides is 1. The Kier molecular flexibility index (Phi) is 2.52. The zero-order valence-electron chi connectivity index (χ0n) is 9.10. The highest BCUT2D eigenvalue weighted by Crippen LogP contribution is 2.56. The maximum Gasteiger partial charge on any atom is 0.223 e. The first kappa shape index (κ1) is 9.97. The highest BCUT2D eigenvalue weighted by molar-refractivity contribution is 5.83. The number of carbonyl (C=O) groups excluding carboxylic acids is 1. The molecule has 1 amide bonds. The van der Waals surface area contributed by atoms with Crippen LogP contribution in [0.1, 0.15) is 33.1 Å². The van der Waals surface area contributed by atoms with Crippen LogP contribution in [0.25, 0.3) is 0 Å². The number of rotatable bonds is 3. The smallest absolute Gasteiger partial charge is 0.223 e. The maximum atomic E-state index is 11.8. The molecular formula is C11H20N2O. The fraction of sp³-hybridized carbons (Fsp3) is 0.909. The van der Waals surface area contributed by atoms with Crippen molar-refractivity contribution in [3.63, 3.8) is 0 Å². The molecule has 3 nitrogen and oxygen atoms in total. The van der Waals surface area contributed by atoms with Crippen LogP contribution >= 0.6 is 0 Å². The molecule has 2 aliphatic rings. The zero-order valence-corrected chi connectivity index (χ0v) is 9.10. The molecule has 1 aliphatic heterocycles. The molecule has 0 aromatic carbocycles. The third-order valence-electron chi connectivity index (χ3n) is 3.78. The Balaban J connectivity index is 1.83. The number of nitrogens with one attached hydrogen (secondary N) is 2. The number of hydrogen-bond acceptors (Lipinski definition) is 2. The molecule has 0 radical (unpaired) electrons. The molecule has 1 saturated carbocycles. The van der Waals surface area contributed by atoms with Gasteiger partial charge < -0.3 is 10.6 Å². The van der Waals surface area contributed by atoms with Gasteiger partial charge in [-0.15, -0.1) is 0 Å². The first-order chi connectivity index (χ1) is 6.68. The summed E-state index contributed by atoms with van der Waals surface area (Å²) in [6.45, 7) is 6.31. The van der Waals surface area contributed by atoms with Gasteiger partial charge in [-0.25, -0.2) is 0 Å². The Labute approximate surface area is 85.6 Å². The van der Waals surface area contributed by atoms with Crippen molar-refractivity contribution < 1.29 is 4.79 Å². The Morgan fingerprint density at radius 3 is 3.07 bits per heavy atom. The average Bonchev–Trinajstić information content (AvgIpc) is 2.65. The lowest BCUT2D eigenvalue weighted by molar-refractivity contribution is -0.123. The lowest BCUT2D eigenvalue weighted by atomic mass is 10.0. The summed E-state index contributed by atoms with van der Waals surface area (Å²) in [5.74, 6) is 0.578. The molecular weight excluding hydrogens is 176 g/mol. The second-order valence-corrected chi connectivity index (χ2v) is 4.86. The normalized spacial score (nSPS) is 37.1. The molecule has 0 aromatic rings. The minimum Gasteiger partial charge on any atom is -0.353 e. The molecule has 1 spiro atoms. The molecule has 1 heterocycles. The highest BCUT2D eigenvalue weighted by Gasteiger charge is 2.58. The van der Waals surface area contributed by atoms with Gasteiger partial charge in [-0.05, 0) is 38.1 Å². The number of hydrogen-bond donors (Lipinski definition) is 2. The molecule has 3 atom stereocenters. The topological polar surface area (TPSA) is 41.1 Å². The second kappa shape index (κ2) is 3.54. The van der Waals surface area contributed by atoms with Gasteiger partial charge in [-0.2, -0.15) is 0 Å². The second-order valence-electron chi connectivity index (χ2n) is 4.86. The van der Waals surface area contributed by atoms with Crippen molar-refractivity contribution in [3.8, 4) is 0 Å². The van der Waals surface area contributed by atoms with Crippen molar-refractivity contribution >= 4 is 5.91 Å². The van der Waals surface area contributed by atoms with Gasteiger partial charge in [-0.1, -0.05) is 6.92 Å². The van der Waals surface area contributed by atoms with E-state index in [9.17, 15) is 4.79 Å². The van der Waals surface area contributed by atoms with E-state index >= 15 is 0 Å². The molecule has 2 rings (SSSR count). The molecule has 14 heavy (non-hydrogen) atoms. The van der Waals surface area contributed by atoms with E-state index < -0.39 is 0 Å². The summed E-state index contributed by atoms with van der Waals surface area (Å²) in [5, 5.41) is 6.42. The third kappa shape index (κ3) is 1.65. The first-order valence-corrected chi connectivity index (χ1v) is 5.69. The van der Waals surface area contributed by atoms with Crippen LogP contribution in [0, 0.1) is 11.3 Å². The van der Waals surface area contributed by atoms with E-state index in [0.717, 1.165) is 25.9 Å². The summed E-state index contributed by atoms with van der Waals surface area (Å²) in [7, 11) is 0. The van der Waals surface area contributed by atoms with Crippen LogP contribution in [0.4, 0.5) is 0 Å². The molecule has 2 fully saturated rings. The van der Waals surface area contributed by atoms with Crippen LogP contribution in [0.5, 0.6) is 0 Å². The molecule has 1 saturated heterocycles. The average molecular weight is 196 g/mol.